The Morgan fingerprint density at radius 3 is 1.98 bits per heavy atom. The number of nitrogens with one attached hydrogen (secondary N) is 3. The Balaban J connectivity index is 1.18. The summed E-state index contributed by atoms with van der Waals surface area (Å²) in [5.41, 5.74) is 9.60. The van der Waals surface area contributed by atoms with Crippen LogP contribution in [0.15, 0.2) is 22.2 Å². The monoisotopic (exact) mass is 723 g/mol. The SMILES string of the molecule is Nc1nc2c(ncn2[C@@H]2O[C@@H]3CNP(O)(=S)OC4[C@@H](CCP(=O)(S)O[C@@H]3C2F)O[C@@H](n2cnc3c(=O)[nH]c(N)nc32)[C@H]4F)c(=O)[nH]1. The van der Waals surface area contributed by atoms with E-state index in [9.17, 15) is 19.0 Å². The largest absolute Gasteiger partial charge is 0.369 e. The molecule has 3 saturated heterocycles. The van der Waals surface area contributed by atoms with Gasteiger partial charge in [0.25, 0.3) is 24.3 Å². The molecule has 0 amide bonds. The van der Waals surface area contributed by atoms with Crippen LogP contribution < -0.4 is 27.7 Å². The molecular formula is C21H25F2N11O8P2S2. The Kier molecular flexibility index (Phi) is 7.86. The lowest BCUT2D eigenvalue weighted by Gasteiger charge is -2.30. The van der Waals surface area contributed by atoms with Gasteiger partial charge in [-0.15, -0.1) is 0 Å². The van der Waals surface area contributed by atoms with Crippen LogP contribution in [0.2, 0.25) is 0 Å². The van der Waals surface area contributed by atoms with Gasteiger partial charge in [-0.1, -0.05) is 12.2 Å². The van der Waals surface area contributed by atoms with Gasteiger partial charge in [0.15, 0.2) is 47.1 Å². The fraction of sp³-hybridized carbons (Fsp3) is 0.524. The minimum atomic E-state index is -4.04. The van der Waals surface area contributed by atoms with Crippen LogP contribution in [0.3, 0.4) is 0 Å². The molecule has 4 aromatic heterocycles. The Morgan fingerprint density at radius 2 is 1.43 bits per heavy atom. The fourth-order valence-electron chi connectivity index (χ4n) is 5.68. The Labute approximate surface area is 265 Å². The van der Waals surface area contributed by atoms with Crippen molar-refractivity contribution in [3.8, 4) is 0 Å². The highest BCUT2D eigenvalue weighted by Crippen LogP contribution is 2.57. The van der Waals surface area contributed by atoms with E-state index in [2.05, 4.69) is 47.2 Å². The number of rotatable bonds is 2. The number of fused-ring (bicyclic) bond motifs is 4. The normalized spacial score (nSPS) is 37.1. The van der Waals surface area contributed by atoms with Crippen LogP contribution in [-0.2, 0) is 34.9 Å². The van der Waals surface area contributed by atoms with Crippen molar-refractivity contribution < 1.29 is 36.8 Å². The van der Waals surface area contributed by atoms with Crippen molar-refractivity contribution in [2.24, 2.45) is 0 Å². The average molecular weight is 724 g/mol. The number of aromatic nitrogens is 8. The summed E-state index contributed by atoms with van der Waals surface area (Å²) in [6.07, 6.45) is -10.7. The van der Waals surface area contributed by atoms with Gasteiger partial charge in [-0.05, 0) is 18.2 Å². The number of nitrogens with two attached hydrogens (primary N) is 2. The maximum Gasteiger partial charge on any atom is 0.280 e. The molecule has 0 bridgehead atoms. The van der Waals surface area contributed by atoms with Gasteiger partial charge >= 0.3 is 0 Å². The quantitative estimate of drug-likeness (QED) is 0.106. The fourth-order valence-corrected chi connectivity index (χ4v) is 9.26. The second-order valence-corrected chi connectivity index (χ2v) is 17.6. The molecule has 0 spiro atoms. The van der Waals surface area contributed by atoms with E-state index in [0.29, 0.717) is 0 Å². The third-order valence-electron chi connectivity index (χ3n) is 7.72. The summed E-state index contributed by atoms with van der Waals surface area (Å²) < 4.78 is 71.3. The van der Waals surface area contributed by atoms with Crippen molar-refractivity contribution in [2.45, 2.75) is 55.6 Å². The van der Waals surface area contributed by atoms with Crippen molar-refractivity contribution in [3.05, 3.63) is 33.4 Å². The summed E-state index contributed by atoms with van der Waals surface area (Å²) in [4.78, 5) is 56.1. The molecule has 3 aliphatic heterocycles. The molecule has 7 rings (SSSR count). The highest BCUT2D eigenvalue weighted by atomic mass is 32.7. The number of H-pyrrole nitrogens is 2. The van der Waals surface area contributed by atoms with Gasteiger partial charge in [0, 0.05) is 12.7 Å². The zero-order valence-electron chi connectivity index (χ0n) is 23.0. The van der Waals surface area contributed by atoms with E-state index in [0.717, 1.165) is 21.8 Å². The molecule has 0 radical (unpaired) electrons. The first-order valence-corrected chi connectivity index (χ1v) is 19.2. The van der Waals surface area contributed by atoms with E-state index in [1.165, 1.54) is 0 Å². The molecule has 248 valence electrons. The number of halogens is 2. The van der Waals surface area contributed by atoms with Crippen LogP contribution in [0.1, 0.15) is 18.9 Å². The van der Waals surface area contributed by atoms with E-state index in [-0.39, 0.29) is 46.8 Å². The summed E-state index contributed by atoms with van der Waals surface area (Å²) in [6.45, 7) is -8.38. The summed E-state index contributed by atoms with van der Waals surface area (Å²) in [6, 6.07) is 0. The van der Waals surface area contributed by atoms with Gasteiger partial charge < -0.3 is 34.9 Å². The molecule has 0 saturated carbocycles. The van der Waals surface area contributed by atoms with E-state index in [4.69, 9.17) is 41.8 Å². The second kappa shape index (κ2) is 11.4. The lowest BCUT2D eigenvalue weighted by Crippen LogP contribution is -2.39. The second-order valence-electron chi connectivity index (χ2n) is 10.7. The lowest BCUT2D eigenvalue weighted by molar-refractivity contribution is -0.0240. The third kappa shape index (κ3) is 5.57. The molecule has 4 aromatic rings. The van der Waals surface area contributed by atoms with E-state index in [1.807, 2.05) is 0 Å². The Hall–Kier alpha value is -2.85. The number of hydrogen-bond acceptors (Lipinski definition) is 14. The molecule has 10 atom stereocenters. The molecule has 7 heterocycles. The van der Waals surface area contributed by atoms with Gasteiger partial charge in [-0.2, -0.15) is 9.97 Å². The molecule has 3 fully saturated rings. The number of nitrogens with zero attached hydrogens (tertiary/aromatic N) is 6. The van der Waals surface area contributed by atoms with Crippen LogP contribution in [0.5, 0.6) is 0 Å². The number of nitrogen functional groups attached to an aromatic ring is 2. The first kappa shape index (κ1) is 31.7. The molecule has 0 aromatic carbocycles. The molecule has 3 aliphatic rings. The van der Waals surface area contributed by atoms with Gasteiger partial charge in [-0.25, -0.2) is 23.8 Å². The molecule has 4 unspecified atom stereocenters. The van der Waals surface area contributed by atoms with Crippen molar-refractivity contribution >= 4 is 71.5 Å². The van der Waals surface area contributed by atoms with E-state index in [1.54, 1.807) is 0 Å². The number of anilines is 2. The predicted molar refractivity (Wildman–Crippen MR) is 163 cm³/mol. The van der Waals surface area contributed by atoms with Gasteiger partial charge in [0.1, 0.15) is 18.3 Å². The van der Waals surface area contributed by atoms with Crippen LogP contribution in [0, 0.1) is 0 Å². The minimum absolute atomic E-state index is 0.0716. The topological polar surface area (TPSA) is 265 Å². The average Bonchev–Trinajstić information content (AvgIpc) is 3.72. The number of ether oxygens (including phenoxy) is 2. The van der Waals surface area contributed by atoms with Crippen molar-refractivity contribution in [3.63, 3.8) is 0 Å². The Bertz CT molecular complexity index is 1920. The summed E-state index contributed by atoms with van der Waals surface area (Å²) >= 11 is 9.47. The maximum absolute atomic E-state index is 16.1. The van der Waals surface area contributed by atoms with Crippen LogP contribution in [-0.4, -0.2) is 93.4 Å². The van der Waals surface area contributed by atoms with Crippen molar-refractivity contribution in [1.82, 2.24) is 44.1 Å². The first-order valence-electron chi connectivity index (χ1n) is 13.5. The summed E-state index contributed by atoms with van der Waals surface area (Å²) in [7, 11) is 0. The maximum atomic E-state index is 16.1. The number of alkyl halides is 2. The van der Waals surface area contributed by atoms with Crippen molar-refractivity contribution in [2.75, 3.05) is 24.2 Å². The van der Waals surface area contributed by atoms with Gasteiger partial charge in [0.2, 0.25) is 11.9 Å². The Morgan fingerprint density at radius 1 is 0.935 bits per heavy atom. The summed E-state index contributed by atoms with van der Waals surface area (Å²) in [5.74, 6) is -0.485. The number of thiol groups is 1. The molecule has 46 heavy (non-hydrogen) atoms. The highest BCUT2D eigenvalue weighted by Gasteiger charge is 2.53. The highest BCUT2D eigenvalue weighted by molar-refractivity contribution is 8.46. The van der Waals surface area contributed by atoms with Crippen LogP contribution >= 0.6 is 25.5 Å². The predicted octanol–water partition coefficient (Wildman–Crippen LogP) is -0.00840. The molecule has 8 N–H and O–H groups in total. The number of imidazole rings is 2. The molecule has 25 heteroatoms. The zero-order chi connectivity index (χ0) is 32.7. The van der Waals surface area contributed by atoms with Crippen LogP contribution in [0.25, 0.3) is 22.3 Å². The third-order valence-corrected chi connectivity index (χ3v) is 11.8. The number of aromatic amines is 2. The zero-order valence-corrected chi connectivity index (χ0v) is 26.5. The molecular weight excluding hydrogens is 698 g/mol. The lowest BCUT2D eigenvalue weighted by atomic mass is 10.1. The van der Waals surface area contributed by atoms with Gasteiger partial charge in [0.05, 0.1) is 18.8 Å². The molecule has 0 aliphatic carbocycles. The van der Waals surface area contributed by atoms with E-state index >= 15 is 8.78 Å². The van der Waals surface area contributed by atoms with E-state index < -0.39 is 80.1 Å². The summed E-state index contributed by atoms with van der Waals surface area (Å²) in [5, 5.41) is 2.59. The van der Waals surface area contributed by atoms with Crippen LogP contribution in [0.4, 0.5) is 20.7 Å². The van der Waals surface area contributed by atoms with Gasteiger partial charge in [-0.3, -0.25) is 33.3 Å². The molecule has 19 nitrogen and oxygen atoms in total. The number of hydrogen-bond donors (Lipinski definition) is 7. The first-order chi connectivity index (χ1) is 21.7. The smallest absolute Gasteiger partial charge is 0.280 e. The van der Waals surface area contributed by atoms with Crippen molar-refractivity contribution in [1.29, 1.82) is 0 Å². The minimum Gasteiger partial charge on any atom is -0.369 e. The standard InChI is InChI=1S/C21H25F2N11O8P2S2/c22-8-12-6(39-18(8)33-4-26-10-14(33)29-20(24)31-16(10)35)1-2-43(37,45)41-13-7(3-28-44(38,46)42-12)40-19(9(13)23)34-5-27-11-15(34)30-21(25)32-17(11)36/h4-9,12-13,18-19H,1-3H2,(H,37,45)(H2,28,38,46)(H3,24,29,31,35)(H3,25,30,32,36)/t6-,7-,8+,9?,12?,13+,18-,19-,43?,44?/m1/s1.